The van der Waals surface area contributed by atoms with Crippen LogP contribution in [0.5, 0.6) is 0 Å². The number of nitrogens with one attached hydrogen (secondary N) is 1. The van der Waals surface area contributed by atoms with Crippen LogP contribution in [-0.2, 0) is 4.74 Å². The van der Waals surface area contributed by atoms with Crippen molar-refractivity contribution in [3.8, 4) is 0 Å². The van der Waals surface area contributed by atoms with Gasteiger partial charge in [-0.25, -0.2) is 4.79 Å². The number of hydrogen-bond acceptors (Lipinski definition) is 2. The third-order valence-corrected chi connectivity index (χ3v) is 1.67. The van der Waals surface area contributed by atoms with Crippen LogP contribution in [0.1, 0.15) is 33.6 Å². The van der Waals surface area contributed by atoms with Crippen LogP contribution in [0.25, 0.3) is 0 Å². The van der Waals surface area contributed by atoms with Gasteiger partial charge < -0.3 is 10.1 Å². The van der Waals surface area contributed by atoms with Crippen molar-refractivity contribution in [3.63, 3.8) is 0 Å². The second kappa shape index (κ2) is 6.27. The van der Waals surface area contributed by atoms with Crippen LogP contribution in [0.15, 0.2) is 25.3 Å². The smallest absolute Gasteiger partial charge is 0.408 e. The largest absolute Gasteiger partial charge is 0.444 e. The second-order valence-corrected chi connectivity index (χ2v) is 4.35. The molecule has 0 fully saturated rings. The predicted octanol–water partition coefficient (Wildman–Crippen LogP) is 3.03. The molecule has 0 rings (SSSR count). The second-order valence-electron chi connectivity index (χ2n) is 4.35. The first-order valence-electron chi connectivity index (χ1n) is 5.12. The Morgan fingerprint density at radius 2 is 2.07 bits per heavy atom. The van der Waals surface area contributed by atoms with Gasteiger partial charge in [-0.2, -0.15) is 0 Å². The van der Waals surface area contributed by atoms with Crippen molar-refractivity contribution < 1.29 is 9.53 Å². The molecule has 0 aliphatic carbocycles. The standard InChI is InChI=1S/C12H21NO2/c1-6-8-9-10(7-2)13-11(14)15-12(3,4)5/h6-7,10H,1-2,8-9H2,3-5H3,(H,13,14). The normalized spacial score (nSPS) is 12.7. The third kappa shape index (κ3) is 7.79. The first kappa shape index (κ1) is 13.8. The molecule has 0 saturated carbocycles. The van der Waals surface area contributed by atoms with Gasteiger partial charge in [-0.15, -0.1) is 13.2 Å². The zero-order chi connectivity index (χ0) is 11.9. The van der Waals surface area contributed by atoms with Gasteiger partial charge in [0, 0.05) is 0 Å². The van der Waals surface area contributed by atoms with Gasteiger partial charge in [0.25, 0.3) is 0 Å². The Kier molecular flexibility index (Phi) is 5.75. The molecule has 1 N–H and O–H groups in total. The Hall–Kier alpha value is -1.25. The van der Waals surface area contributed by atoms with Crippen molar-refractivity contribution in [2.24, 2.45) is 0 Å². The lowest BCUT2D eigenvalue weighted by Gasteiger charge is -2.22. The quantitative estimate of drug-likeness (QED) is 0.710. The highest BCUT2D eigenvalue weighted by molar-refractivity contribution is 5.68. The van der Waals surface area contributed by atoms with Gasteiger partial charge in [-0.1, -0.05) is 12.2 Å². The van der Waals surface area contributed by atoms with Crippen molar-refractivity contribution in [1.82, 2.24) is 5.32 Å². The molecule has 1 atom stereocenters. The van der Waals surface area contributed by atoms with E-state index in [-0.39, 0.29) is 6.04 Å². The van der Waals surface area contributed by atoms with Gasteiger partial charge in [0.15, 0.2) is 0 Å². The number of amides is 1. The van der Waals surface area contributed by atoms with Crippen LogP contribution in [0.2, 0.25) is 0 Å². The molecule has 1 amide bonds. The summed E-state index contributed by atoms with van der Waals surface area (Å²) in [5.41, 5.74) is -0.464. The van der Waals surface area contributed by atoms with E-state index in [2.05, 4.69) is 18.5 Å². The van der Waals surface area contributed by atoms with E-state index >= 15 is 0 Å². The molecule has 3 heteroatoms. The number of hydrogen-bond donors (Lipinski definition) is 1. The van der Waals surface area contributed by atoms with Crippen molar-refractivity contribution in [1.29, 1.82) is 0 Å². The summed E-state index contributed by atoms with van der Waals surface area (Å²) in [5.74, 6) is 0. The zero-order valence-electron chi connectivity index (χ0n) is 9.88. The highest BCUT2D eigenvalue weighted by atomic mass is 16.6. The maximum atomic E-state index is 11.4. The van der Waals surface area contributed by atoms with Gasteiger partial charge in [-0.05, 0) is 33.6 Å². The summed E-state index contributed by atoms with van der Waals surface area (Å²) in [6.07, 6.45) is 4.75. The molecule has 0 aliphatic rings. The molecule has 0 aromatic heterocycles. The number of ether oxygens (including phenoxy) is 1. The van der Waals surface area contributed by atoms with Crippen LogP contribution in [0.4, 0.5) is 4.79 Å². The Balaban J connectivity index is 4.01. The average molecular weight is 211 g/mol. The highest BCUT2D eigenvalue weighted by Crippen LogP contribution is 2.07. The van der Waals surface area contributed by atoms with E-state index in [9.17, 15) is 4.79 Å². The fourth-order valence-electron chi connectivity index (χ4n) is 1.01. The van der Waals surface area contributed by atoms with E-state index in [1.807, 2.05) is 26.8 Å². The summed E-state index contributed by atoms with van der Waals surface area (Å²) < 4.78 is 5.13. The number of allylic oxidation sites excluding steroid dienone is 1. The molecule has 0 aliphatic heterocycles. The first-order chi connectivity index (χ1) is 6.89. The fourth-order valence-corrected chi connectivity index (χ4v) is 1.01. The predicted molar refractivity (Wildman–Crippen MR) is 62.8 cm³/mol. The van der Waals surface area contributed by atoms with Gasteiger partial charge in [-0.3, -0.25) is 0 Å². The minimum atomic E-state index is -0.464. The molecule has 0 bridgehead atoms. The monoisotopic (exact) mass is 211 g/mol. The lowest BCUT2D eigenvalue weighted by atomic mass is 10.1. The Morgan fingerprint density at radius 1 is 1.47 bits per heavy atom. The summed E-state index contributed by atoms with van der Waals surface area (Å²) >= 11 is 0. The molecule has 0 heterocycles. The summed E-state index contributed by atoms with van der Waals surface area (Å²) in [5, 5.41) is 2.73. The third-order valence-electron chi connectivity index (χ3n) is 1.67. The van der Waals surface area contributed by atoms with Crippen LogP contribution in [-0.4, -0.2) is 17.7 Å². The molecule has 0 aromatic rings. The maximum absolute atomic E-state index is 11.4. The van der Waals surface area contributed by atoms with Crippen molar-refractivity contribution in [2.75, 3.05) is 0 Å². The van der Waals surface area contributed by atoms with E-state index in [4.69, 9.17) is 4.74 Å². The number of carbonyl (C=O) groups excluding carboxylic acids is 1. The van der Waals surface area contributed by atoms with Crippen molar-refractivity contribution in [3.05, 3.63) is 25.3 Å². The molecule has 3 nitrogen and oxygen atoms in total. The molecule has 0 radical (unpaired) electrons. The zero-order valence-corrected chi connectivity index (χ0v) is 9.88. The van der Waals surface area contributed by atoms with Crippen LogP contribution < -0.4 is 5.32 Å². The first-order valence-corrected chi connectivity index (χ1v) is 5.12. The summed E-state index contributed by atoms with van der Waals surface area (Å²) in [6, 6.07) is -0.0575. The fraction of sp³-hybridized carbons (Fsp3) is 0.583. The molecular weight excluding hydrogens is 190 g/mol. The SMILES string of the molecule is C=CCCC(C=C)NC(=O)OC(C)(C)C. The van der Waals surface area contributed by atoms with E-state index < -0.39 is 11.7 Å². The van der Waals surface area contributed by atoms with E-state index in [0.29, 0.717) is 0 Å². The minimum absolute atomic E-state index is 0.0575. The van der Waals surface area contributed by atoms with Crippen molar-refractivity contribution in [2.45, 2.75) is 45.3 Å². The number of rotatable bonds is 5. The molecule has 0 spiro atoms. The van der Waals surface area contributed by atoms with E-state index in [0.717, 1.165) is 12.8 Å². The summed E-state index contributed by atoms with van der Waals surface area (Å²) in [4.78, 5) is 11.4. The van der Waals surface area contributed by atoms with Crippen LogP contribution in [0.3, 0.4) is 0 Å². The van der Waals surface area contributed by atoms with Gasteiger partial charge in [0.2, 0.25) is 0 Å². The van der Waals surface area contributed by atoms with Gasteiger partial charge in [0.1, 0.15) is 5.60 Å². The number of alkyl carbamates (subject to hydrolysis) is 1. The number of carbonyl (C=O) groups is 1. The van der Waals surface area contributed by atoms with Crippen LogP contribution in [0, 0.1) is 0 Å². The Labute approximate surface area is 92.2 Å². The Bertz CT molecular complexity index is 228. The highest BCUT2D eigenvalue weighted by Gasteiger charge is 2.17. The topological polar surface area (TPSA) is 38.3 Å². The lowest BCUT2D eigenvalue weighted by molar-refractivity contribution is 0.0513. The molecular formula is C12H21NO2. The van der Waals surface area contributed by atoms with Gasteiger partial charge in [0.05, 0.1) is 6.04 Å². The summed E-state index contributed by atoms with van der Waals surface area (Å²) in [7, 11) is 0. The van der Waals surface area contributed by atoms with E-state index in [1.165, 1.54) is 0 Å². The molecule has 1 unspecified atom stereocenters. The molecule has 0 aromatic carbocycles. The Morgan fingerprint density at radius 3 is 2.47 bits per heavy atom. The molecule has 86 valence electrons. The van der Waals surface area contributed by atoms with E-state index in [1.54, 1.807) is 6.08 Å². The average Bonchev–Trinajstić information content (AvgIpc) is 2.09. The maximum Gasteiger partial charge on any atom is 0.408 e. The lowest BCUT2D eigenvalue weighted by Crippen LogP contribution is -2.38. The van der Waals surface area contributed by atoms with Crippen LogP contribution >= 0.6 is 0 Å². The minimum Gasteiger partial charge on any atom is -0.444 e. The van der Waals surface area contributed by atoms with Crippen molar-refractivity contribution >= 4 is 6.09 Å². The molecule has 15 heavy (non-hydrogen) atoms. The summed E-state index contributed by atoms with van der Waals surface area (Å²) in [6.45, 7) is 12.8. The van der Waals surface area contributed by atoms with Gasteiger partial charge >= 0.3 is 6.09 Å². The molecule has 0 saturated heterocycles.